The van der Waals surface area contributed by atoms with Crippen molar-refractivity contribution in [3.05, 3.63) is 10.6 Å². The van der Waals surface area contributed by atoms with Crippen molar-refractivity contribution in [2.24, 2.45) is 0 Å². The van der Waals surface area contributed by atoms with Gasteiger partial charge in [-0.15, -0.1) is 11.3 Å². The third kappa shape index (κ3) is 3.43. The maximum atomic E-state index is 10.8. The number of hydrogen-bond acceptors (Lipinski definition) is 5. The van der Waals surface area contributed by atoms with Gasteiger partial charge in [-0.1, -0.05) is 12.8 Å². The monoisotopic (exact) mass is 270 g/mol. The van der Waals surface area contributed by atoms with Crippen LogP contribution in [0, 0.1) is 6.92 Å². The van der Waals surface area contributed by atoms with Crippen LogP contribution in [0.1, 0.15) is 41.0 Å². The molecule has 1 aromatic rings. The lowest BCUT2D eigenvalue weighted by atomic mass is 10.3. The van der Waals surface area contributed by atoms with Gasteiger partial charge >= 0.3 is 5.97 Å². The van der Waals surface area contributed by atoms with Crippen molar-refractivity contribution in [3.63, 3.8) is 0 Å². The van der Waals surface area contributed by atoms with Gasteiger partial charge in [-0.2, -0.15) is 0 Å². The molecule has 1 heterocycles. The Labute approximate surface area is 110 Å². The quantitative estimate of drug-likeness (QED) is 0.777. The van der Waals surface area contributed by atoms with E-state index in [2.05, 4.69) is 10.3 Å². The van der Waals surface area contributed by atoms with Crippen LogP contribution in [0.5, 0.6) is 0 Å². The number of carbonyl (C=O) groups is 1. The molecule has 5 nitrogen and oxygen atoms in total. The van der Waals surface area contributed by atoms with Gasteiger partial charge in [0.25, 0.3) is 0 Å². The summed E-state index contributed by atoms with van der Waals surface area (Å²) in [5, 5.41) is 12.6. The van der Waals surface area contributed by atoms with E-state index in [1.54, 1.807) is 6.92 Å². The van der Waals surface area contributed by atoms with E-state index in [4.69, 9.17) is 9.84 Å². The normalized spacial score (nSPS) is 16.1. The van der Waals surface area contributed by atoms with E-state index in [9.17, 15) is 4.79 Å². The number of carboxylic acid groups (broad SMARTS) is 1. The zero-order chi connectivity index (χ0) is 13.0. The van der Waals surface area contributed by atoms with E-state index in [0.717, 1.165) is 4.88 Å². The molecule has 6 heteroatoms. The van der Waals surface area contributed by atoms with Gasteiger partial charge in [0, 0.05) is 11.4 Å². The van der Waals surface area contributed by atoms with Gasteiger partial charge in [-0.3, -0.25) is 0 Å². The molecule has 2 rings (SSSR count). The fraction of sp³-hybridized carbons (Fsp3) is 0.667. The van der Waals surface area contributed by atoms with Gasteiger partial charge in [-0.05, 0) is 19.8 Å². The first-order valence-electron chi connectivity index (χ1n) is 6.23. The Morgan fingerprint density at radius 1 is 1.56 bits per heavy atom. The van der Waals surface area contributed by atoms with E-state index in [1.807, 2.05) is 0 Å². The minimum absolute atomic E-state index is 0.138. The highest BCUT2D eigenvalue weighted by molar-refractivity contribution is 7.15. The lowest BCUT2D eigenvalue weighted by Crippen LogP contribution is -2.15. The van der Waals surface area contributed by atoms with Crippen molar-refractivity contribution < 1.29 is 14.6 Å². The predicted octanol–water partition coefficient (Wildman–Crippen LogP) is 2.52. The minimum atomic E-state index is -0.973. The maximum absolute atomic E-state index is 10.8. The highest BCUT2D eigenvalue weighted by atomic mass is 32.1. The third-order valence-corrected chi connectivity index (χ3v) is 3.96. The lowest BCUT2D eigenvalue weighted by Gasteiger charge is -2.10. The number of carboxylic acids is 1. The molecule has 0 atom stereocenters. The van der Waals surface area contributed by atoms with Gasteiger partial charge in [0.1, 0.15) is 0 Å². The van der Waals surface area contributed by atoms with Crippen molar-refractivity contribution >= 4 is 22.4 Å². The number of aryl methyl sites for hydroxylation is 1. The number of ether oxygens (including phenoxy) is 1. The molecule has 1 aliphatic carbocycles. The molecule has 18 heavy (non-hydrogen) atoms. The minimum Gasteiger partial charge on any atom is -0.476 e. The number of aromatic carboxylic acids is 1. The fourth-order valence-electron chi connectivity index (χ4n) is 2.11. The Balaban J connectivity index is 1.72. The molecule has 0 radical (unpaired) electrons. The molecular weight excluding hydrogens is 252 g/mol. The first-order valence-corrected chi connectivity index (χ1v) is 7.04. The number of thiazole rings is 1. The van der Waals surface area contributed by atoms with Crippen molar-refractivity contribution in [1.82, 2.24) is 4.98 Å². The molecule has 0 saturated heterocycles. The average Bonchev–Trinajstić information content (AvgIpc) is 2.94. The molecule has 0 amide bonds. The Morgan fingerprint density at radius 3 is 2.89 bits per heavy atom. The molecule has 0 spiro atoms. The summed E-state index contributed by atoms with van der Waals surface area (Å²) in [6, 6.07) is 0. The number of aromatic nitrogens is 1. The SMILES string of the molecule is Cc1sc(NCCOC2CCCC2)nc1C(=O)O. The second kappa shape index (κ2) is 6.15. The van der Waals surface area contributed by atoms with Crippen molar-refractivity contribution in [2.75, 3.05) is 18.5 Å². The number of hydrogen-bond donors (Lipinski definition) is 2. The van der Waals surface area contributed by atoms with Crippen LogP contribution in [0.15, 0.2) is 0 Å². The summed E-state index contributed by atoms with van der Waals surface area (Å²) in [5.41, 5.74) is 0.138. The molecular formula is C12H18N2O3S. The van der Waals surface area contributed by atoms with Gasteiger partial charge in [-0.25, -0.2) is 9.78 Å². The lowest BCUT2D eigenvalue weighted by molar-refractivity contribution is 0.0659. The molecule has 0 unspecified atom stereocenters. The Morgan fingerprint density at radius 2 is 2.28 bits per heavy atom. The van der Waals surface area contributed by atoms with E-state index in [0.29, 0.717) is 24.4 Å². The summed E-state index contributed by atoms with van der Waals surface area (Å²) >= 11 is 1.37. The molecule has 1 aromatic heterocycles. The smallest absolute Gasteiger partial charge is 0.355 e. The third-order valence-electron chi connectivity index (χ3n) is 3.03. The van der Waals surface area contributed by atoms with Crippen molar-refractivity contribution in [3.8, 4) is 0 Å². The van der Waals surface area contributed by atoms with Crippen LogP contribution < -0.4 is 5.32 Å². The van der Waals surface area contributed by atoms with Crippen LogP contribution in [-0.2, 0) is 4.74 Å². The Hall–Kier alpha value is -1.14. The van der Waals surface area contributed by atoms with Crippen LogP contribution in [-0.4, -0.2) is 35.3 Å². The number of nitrogens with zero attached hydrogens (tertiary/aromatic N) is 1. The van der Waals surface area contributed by atoms with Gasteiger partial charge in [0.05, 0.1) is 12.7 Å². The first kappa shape index (κ1) is 13.3. The highest BCUT2D eigenvalue weighted by Gasteiger charge is 2.15. The Kier molecular flexibility index (Phi) is 4.54. The van der Waals surface area contributed by atoms with E-state index < -0.39 is 5.97 Å². The number of rotatable bonds is 6. The summed E-state index contributed by atoms with van der Waals surface area (Å²) in [4.78, 5) is 15.6. The molecule has 1 saturated carbocycles. The molecule has 0 aliphatic heterocycles. The zero-order valence-electron chi connectivity index (χ0n) is 10.4. The molecule has 1 aliphatic rings. The molecule has 0 bridgehead atoms. The second-order valence-electron chi connectivity index (χ2n) is 4.43. The van der Waals surface area contributed by atoms with Crippen LogP contribution in [0.2, 0.25) is 0 Å². The molecule has 100 valence electrons. The topological polar surface area (TPSA) is 71.5 Å². The number of anilines is 1. The molecule has 2 N–H and O–H groups in total. The van der Waals surface area contributed by atoms with Crippen LogP contribution in [0.3, 0.4) is 0 Å². The first-order chi connectivity index (χ1) is 8.66. The zero-order valence-corrected chi connectivity index (χ0v) is 11.3. The predicted molar refractivity (Wildman–Crippen MR) is 70.5 cm³/mol. The van der Waals surface area contributed by atoms with Crippen LogP contribution in [0.25, 0.3) is 0 Å². The average molecular weight is 270 g/mol. The van der Waals surface area contributed by atoms with Crippen molar-refractivity contribution in [2.45, 2.75) is 38.7 Å². The largest absolute Gasteiger partial charge is 0.476 e. The fourth-order valence-corrected chi connectivity index (χ4v) is 2.94. The summed E-state index contributed by atoms with van der Waals surface area (Å²) in [5.74, 6) is -0.973. The molecule has 1 fully saturated rings. The van der Waals surface area contributed by atoms with E-state index in [-0.39, 0.29) is 5.69 Å². The molecule has 0 aromatic carbocycles. The standard InChI is InChI=1S/C12H18N2O3S/c1-8-10(11(15)16)14-12(18-8)13-6-7-17-9-4-2-3-5-9/h9H,2-7H2,1H3,(H,13,14)(H,15,16). The van der Waals surface area contributed by atoms with Gasteiger partial charge in [0.2, 0.25) is 0 Å². The Bertz CT molecular complexity index is 413. The van der Waals surface area contributed by atoms with Crippen molar-refractivity contribution in [1.29, 1.82) is 0 Å². The van der Waals surface area contributed by atoms with E-state index >= 15 is 0 Å². The summed E-state index contributed by atoms with van der Waals surface area (Å²) in [7, 11) is 0. The van der Waals surface area contributed by atoms with E-state index in [1.165, 1.54) is 37.0 Å². The highest BCUT2D eigenvalue weighted by Crippen LogP contribution is 2.22. The van der Waals surface area contributed by atoms with Gasteiger partial charge in [0.15, 0.2) is 10.8 Å². The number of nitrogens with one attached hydrogen (secondary N) is 1. The van der Waals surface area contributed by atoms with Crippen LogP contribution >= 0.6 is 11.3 Å². The summed E-state index contributed by atoms with van der Waals surface area (Å²) < 4.78 is 5.71. The summed E-state index contributed by atoms with van der Waals surface area (Å²) in [6.45, 7) is 3.08. The maximum Gasteiger partial charge on any atom is 0.355 e. The second-order valence-corrected chi connectivity index (χ2v) is 5.64. The van der Waals surface area contributed by atoms with Gasteiger partial charge < -0.3 is 15.2 Å². The van der Waals surface area contributed by atoms with Crippen LogP contribution in [0.4, 0.5) is 5.13 Å². The summed E-state index contributed by atoms with van der Waals surface area (Å²) in [6.07, 6.45) is 5.29.